The summed E-state index contributed by atoms with van der Waals surface area (Å²) >= 11 is 0. The average Bonchev–Trinajstić information content (AvgIpc) is 3.08. The van der Waals surface area contributed by atoms with Crippen molar-refractivity contribution < 1.29 is 9.90 Å². The second-order valence-corrected chi connectivity index (χ2v) is 6.64. The molecule has 3 heterocycles. The SMILES string of the molecule is CC(O)CC1CCCN1C1CCCN(c2cnn(C)c2)C1=O. The van der Waals surface area contributed by atoms with E-state index in [9.17, 15) is 9.90 Å². The predicted octanol–water partition coefficient (Wildman–Crippen LogP) is 1.15. The molecule has 2 aliphatic heterocycles. The number of aryl methyl sites for hydroxylation is 1. The molecule has 122 valence electrons. The highest BCUT2D eigenvalue weighted by atomic mass is 16.3. The molecule has 1 amide bonds. The molecule has 2 fully saturated rings. The Morgan fingerprint density at radius 2 is 2.14 bits per heavy atom. The lowest BCUT2D eigenvalue weighted by atomic mass is 10.00. The fourth-order valence-corrected chi connectivity index (χ4v) is 3.88. The summed E-state index contributed by atoms with van der Waals surface area (Å²) in [5.41, 5.74) is 0.892. The number of likely N-dealkylation sites (tertiary alicyclic amines) is 1. The molecule has 1 aromatic rings. The van der Waals surface area contributed by atoms with Crippen LogP contribution in [-0.2, 0) is 11.8 Å². The van der Waals surface area contributed by atoms with Crippen molar-refractivity contribution in [3.63, 3.8) is 0 Å². The molecule has 2 aliphatic rings. The third kappa shape index (κ3) is 3.03. The van der Waals surface area contributed by atoms with E-state index in [0.717, 1.165) is 50.9 Å². The van der Waals surface area contributed by atoms with E-state index in [0.29, 0.717) is 6.04 Å². The zero-order valence-corrected chi connectivity index (χ0v) is 13.5. The maximum absolute atomic E-state index is 12.9. The van der Waals surface area contributed by atoms with Gasteiger partial charge in [0.25, 0.3) is 0 Å². The second kappa shape index (κ2) is 6.38. The van der Waals surface area contributed by atoms with Gasteiger partial charge in [0.2, 0.25) is 5.91 Å². The van der Waals surface area contributed by atoms with Gasteiger partial charge in [-0.05, 0) is 45.6 Å². The molecule has 0 radical (unpaired) electrons. The number of hydrogen-bond acceptors (Lipinski definition) is 4. The first-order valence-corrected chi connectivity index (χ1v) is 8.30. The minimum absolute atomic E-state index is 0.0415. The number of aliphatic hydroxyl groups excluding tert-OH is 1. The van der Waals surface area contributed by atoms with Crippen LogP contribution in [0.1, 0.15) is 39.0 Å². The van der Waals surface area contributed by atoms with Crippen LogP contribution in [0.4, 0.5) is 5.69 Å². The molecule has 0 bridgehead atoms. The quantitative estimate of drug-likeness (QED) is 0.906. The third-order valence-corrected chi connectivity index (χ3v) is 4.85. The smallest absolute Gasteiger partial charge is 0.244 e. The fourth-order valence-electron chi connectivity index (χ4n) is 3.88. The monoisotopic (exact) mass is 306 g/mol. The minimum Gasteiger partial charge on any atom is -0.393 e. The van der Waals surface area contributed by atoms with Crippen LogP contribution in [0, 0.1) is 0 Å². The molecule has 6 nitrogen and oxygen atoms in total. The molecule has 6 heteroatoms. The lowest BCUT2D eigenvalue weighted by Gasteiger charge is -2.39. The van der Waals surface area contributed by atoms with Crippen molar-refractivity contribution in [2.24, 2.45) is 7.05 Å². The summed E-state index contributed by atoms with van der Waals surface area (Å²) < 4.78 is 1.73. The number of piperidine rings is 1. The first-order valence-electron chi connectivity index (χ1n) is 8.30. The van der Waals surface area contributed by atoms with Gasteiger partial charge >= 0.3 is 0 Å². The molecule has 1 N–H and O–H groups in total. The van der Waals surface area contributed by atoms with Crippen molar-refractivity contribution in [3.05, 3.63) is 12.4 Å². The molecular weight excluding hydrogens is 280 g/mol. The fraction of sp³-hybridized carbons (Fsp3) is 0.750. The Hall–Kier alpha value is -1.40. The van der Waals surface area contributed by atoms with Crippen LogP contribution in [0.5, 0.6) is 0 Å². The molecule has 1 aromatic heterocycles. The van der Waals surface area contributed by atoms with Crippen molar-refractivity contribution in [1.29, 1.82) is 0 Å². The highest BCUT2D eigenvalue weighted by Gasteiger charge is 2.39. The molecule has 0 spiro atoms. The van der Waals surface area contributed by atoms with Gasteiger partial charge in [-0.25, -0.2) is 0 Å². The normalized spacial score (nSPS) is 28.3. The van der Waals surface area contributed by atoms with Crippen LogP contribution in [0.3, 0.4) is 0 Å². The number of amides is 1. The largest absolute Gasteiger partial charge is 0.393 e. The van der Waals surface area contributed by atoms with Gasteiger partial charge in [-0.15, -0.1) is 0 Å². The van der Waals surface area contributed by atoms with Crippen LogP contribution in [0.2, 0.25) is 0 Å². The Kier molecular flexibility index (Phi) is 4.49. The van der Waals surface area contributed by atoms with Crippen LogP contribution in [-0.4, -0.2) is 57.0 Å². The number of carbonyl (C=O) groups excluding carboxylic acids is 1. The zero-order chi connectivity index (χ0) is 15.7. The van der Waals surface area contributed by atoms with E-state index in [1.807, 2.05) is 25.1 Å². The number of hydrogen-bond donors (Lipinski definition) is 1. The van der Waals surface area contributed by atoms with E-state index in [1.54, 1.807) is 10.9 Å². The van der Waals surface area contributed by atoms with Crippen molar-refractivity contribution in [3.8, 4) is 0 Å². The first kappa shape index (κ1) is 15.5. The van der Waals surface area contributed by atoms with Crippen LogP contribution >= 0.6 is 0 Å². The number of anilines is 1. The number of nitrogens with zero attached hydrogens (tertiary/aromatic N) is 4. The molecule has 0 saturated carbocycles. The summed E-state index contributed by atoms with van der Waals surface area (Å²) in [5, 5.41) is 13.9. The molecule has 3 rings (SSSR count). The highest BCUT2D eigenvalue weighted by molar-refractivity contribution is 5.97. The Bertz CT molecular complexity index is 528. The van der Waals surface area contributed by atoms with Crippen LogP contribution in [0.15, 0.2) is 12.4 Å². The van der Waals surface area contributed by atoms with Gasteiger partial charge in [-0.3, -0.25) is 14.4 Å². The minimum atomic E-state index is -0.307. The Balaban J connectivity index is 1.74. The molecule has 3 atom stereocenters. The van der Waals surface area contributed by atoms with E-state index in [1.165, 1.54) is 0 Å². The maximum Gasteiger partial charge on any atom is 0.244 e. The predicted molar refractivity (Wildman–Crippen MR) is 84.6 cm³/mol. The lowest BCUT2D eigenvalue weighted by molar-refractivity contribution is -0.126. The molecule has 0 aliphatic carbocycles. The number of aliphatic hydroxyl groups is 1. The van der Waals surface area contributed by atoms with Gasteiger partial charge in [0.1, 0.15) is 0 Å². The zero-order valence-electron chi connectivity index (χ0n) is 13.5. The summed E-state index contributed by atoms with van der Waals surface area (Å²) in [4.78, 5) is 17.1. The average molecular weight is 306 g/mol. The lowest BCUT2D eigenvalue weighted by Crippen LogP contribution is -2.54. The Morgan fingerprint density at radius 1 is 1.36 bits per heavy atom. The van der Waals surface area contributed by atoms with Gasteiger partial charge in [-0.2, -0.15) is 5.10 Å². The van der Waals surface area contributed by atoms with Gasteiger partial charge in [0.05, 0.1) is 24.0 Å². The van der Waals surface area contributed by atoms with E-state index in [4.69, 9.17) is 0 Å². The van der Waals surface area contributed by atoms with E-state index in [-0.39, 0.29) is 18.1 Å². The topological polar surface area (TPSA) is 61.6 Å². The highest BCUT2D eigenvalue weighted by Crippen LogP contribution is 2.30. The molecule has 22 heavy (non-hydrogen) atoms. The first-order chi connectivity index (χ1) is 10.6. The summed E-state index contributed by atoms with van der Waals surface area (Å²) in [6.45, 7) is 3.58. The molecule has 0 aromatic carbocycles. The van der Waals surface area contributed by atoms with E-state index >= 15 is 0 Å². The van der Waals surface area contributed by atoms with Crippen molar-refractivity contribution in [1.82, 2.24) is 14.7 Å². The van der Waals surface area contributed by atoms with E-state index < -0.39 is 0 Å². The van der Waals surface area contributed by atoms with Crippen molar-refractivity contribution >= 4 is 11.6 Å². The van der Waals surface area contributed by atoms with Crippen molar-refractivity contribution in [2.45, 2.75) is 57.2 Å². The summed E-state index contributed by atoms with van der Waals surface area (Å²) in [7, 11) is 1.87. The van der Waals surface area contributed by atoms with Gasteiger partial charge < -0.3 is 10.0 Å². The summed E-state index contributed by atoms with van der Waals surface area (Å²) in [5.74, 6) is 0.191. The number of aromatic nitrogens is 2. The summed E-state index contributed by atoms with van der Waals surface area (Å²) in [6.07, 6.45) is 8.26. The van der Waals surface area contributed by atoms with Crippen LogP contribution < -0.4 is 4.90 Å². The van der Waals surface area contributed by atoms with Gasteiger partial charge in [-0.1, -0.05) is 0 Å². The Labute approximate surface area is 131 Å². The van der Waals surface area contributed by atoms with E-state index in [2.05, 4.69) is 10.00 Å². The molecule has 2 saturated heterocycles. The Morgan fingerprint density at radius 3 is 2.82 bits per heavy atom. The number of rotatable bonds is 4. The van der Waals surface area contributed by atoms with Crippen molar-refractivity contribution in [2.75, 3.05) is 18.0 Å². The standard InChI is InChI=1S/C16H26N4O2/c1-12(21)9-13-5-3-7-19(13)15-6-4-8-20(16(15)22)14-10-17-18(2)11-14/h10-13,15,21H,3-9H2,1-2H3. The number of carbonyl (C=O) groups is 1. The van der Waals surface area contributed by atoms with Gasteiger partial charge in [0.15, 0.2) is 0 Å². The third-order valence-electron chi connectivity index (χ3n) is 4.85. The second-order valence-electron chi connectivity index (χ2n) is 6.64. The van der Waals surface area contributed by atoms with Crippen LogP contribution in [0.25, 0.3) is 0 Å². The maximum atomic E-state index is 12.9. The van der Waals surface area contributed by atoms with Gasteiger partial charge in [0, 0.05) is 25.8 Å². The molecular formula is C16H26N4O2. The summed E-state index contributed by atoms with van der Waals surface area (Å²) in [6, 6.07) is 0.294. The molecule has 3 unspecified atom stereocenters.